The maximum absolute atomic E-state index is 12.2. The minimum atomic E-state index is -0.580. The van der Waals surface area contributed by atoms with Crippen LogP contribution in [-0.2, 0) is 9.31 Å². The molecule has 2 aromatic rings. The molecule has 3 heterocycles. The van der Waals surface area contributed by atoms with Gasteiger partial charge in [-0.05, 0) is 52.0 Å². The predicted octanol–water partition coefficient (Wildman–Crippen LogP) is 1.42. The van der Waals surface area contributed by atoms with Crippen LogP contribution < -0.4 is 10.9 Å². The van der Waals surface area contributed by atoms with Gasteiger partial charge in [-0.1, -0.05) is 0 Å². The average Bonchev–Trinajstić information content (AvgIpc) is 2.76. The van der Waals surface area contributed by atoms with E-state index in [4.69, 9.17) is 9.31 Å². The molecule has 0 unspecified atom stereocenters. The van der Waals surface area contributed by atoms with Crippen molar-refractivity contribution in [3.05, 3.63) is 42.4 Å². The number of pyridine rings is 1. The summed E-state index contributed by atoms with van der Waals surface area (Å²) in [5.74, 6) is -0.339. The van der Waals surface area contributed by atoms with Crippen LogP contribution in [0.1, 0.15) is 38.2 Å². The Morgan fingerprint density at radius 2 is 1.83 bits per heavy atom. The fourth-order valence-corrected chi connectivity index (χ4v) is 2.24. The highest BCUT2D eigenvalue weighted by atomic mass is 16.7. The number of nitrogens with zero attached hydrogens (tertiary/aromatic N) is 3. The lowest BCUT2D eigenvalue weighted by atomic mass is 9.84. The molecule has 8 heteroatoms. The first-order chi connectivity index (χ1) is 11.3. The molecular weight excluding hydrogens is 307 g/mol. The first-order valence-electron chi connectivity index (χ1n) is 7.69. The van der Waals surface area contributed by atoms with Crippen molar-refractivity contribution in [2.75, 3.05) is 5.32 Å². The van der Waals surface area contributed by atoms with E-state index in [2.05, 4.69) is 20.5 Å². The fourth-order valence-electron chi connectivity index (χ4n) is 2.24. The molecule has 0 saturated carbocycles. The van der Waals surface area contributed by atoms with Crippen LogP contribution in [-0.4, -0.2) is 39.4 Å². The summed E-state index contributed by atoms with van der Waals surface area (Å²) in [5, 5.41) is 10.3. The van der Waals surface area contributed by atoms with Gasteiger partial charge >= 0.3 is 7.12 Å². The average molecular weight is 326 g/mol. The zero-order valence-corrected chi connectivity index (χ0v) is 14.1. The molecule has 0 aromatic carbocycles. The van der Waals surface area contributed by atoms with Gasteiger partial charge in [-0.2, -0.15) is 5.10 Å². The first-order valence-corrected chi connectivity index (χ1v) is 7.69. The Morgan fingerprint density at radius 3 is 2.46 bits per heavy atom. The van der Waals surface area contributed by atoms with Gasteiger partial charge in [0.2, 0.25) is 0 Å². The number of nitrogens with one attached hydrogen (secondary N) is 1. The maximum atomic E-state index is 12.2. The smallest absolute Gasteiger partial charge is 0.398 e. The van der Waals surface area contributed by atoms with Crippen LogP contribution in [0, 0.1) is 0 Å². The number of amides is 1. The highest BCUT2D eigenvalue weighted by Crippen LogP contribution is 2.36. The van der Waals surface area contributed by atoms with Crippen molar-refractivity contribution in [3.63, 3.8) is 0 Å². The van der Waals surface area contributed by atoms with Crippen LogP contribution in [0.15, 0.2) is 36.7 Å². The third kappa shape index (κ3) is 3.15. The molecule has 1 aliphatic heterocycles. The molecular formula is C16H19BN4O3. The second kappa shape index (κ2) is 5.96. The molecule has 24 heavy (non-hydrogen) atoms. The van der Waals surface area contributed by atoms with E-state index in [1.807, 2.05) is 27.7 Å². The number of rotatable bonds is 3. The number of carbonyl (C=O) groups is 1. The van der Waals surface area contributed by atoms with Gasteiger partial charge in [0.05, 0.1) is 16.8 Å². The van der Waals surface area contributed by atoms with Gasteiger partial charge in [0.1, 0.15) is 0 Å². The van der Waals surface area contributed by atoms with Gasteiger partial charge in [0.15, 0.2) is 5.69 Å². The van der Waals surface area contributed by atoms with Crippen molar-refractivity contribution in [1.29, 1.82) is 0 Å². The molecule has 0 spiro atoms. The van der Waals surface area contributed by atoms with E-state index >= 15 is 0 Å². The van der Waals surface area contributed by atoms with Crippen LogP contribution in [0.4, 0.5) is 5.69 Å². The summed E-state index contributed by atoms with van der Waals surface area (Å²) in [6.07, 6.45) is 3.12. The molecule has 1 fully saturated rings. The van der Waals surface area contributed by atoms with Crippen molar-refractivity contribution in [3.8, 4) is 0 Å². The van der Waals surface area contributed by atoms with Crippen LogP contribution in [0.5, 0.6) is 0 Å². The van der Waals surface area contributed by atoms with E-state index in [0.29, 0.717) is 11.3 Å². The summed E-state index contributed by atoms with van der Waals surface area (Å²) < 4.78 is 11.9. The molecule has 1 N–H and O–H groups in total. The standard InChI is InChI=1S/C16H19BN4O3/c1-15(2)16(3,4)24-17(23-15)13-10-11(7-9-18-13)20-14(22)12-6-5-8-19-21-12/h5-10H,1-4H3,(H,18,20,22). The van der Waals surface area contributed by atoms with Crippen LogP contribution in [0.25, 0.3) is 0 Å². The molecule has 3 rings (SSSR count). The molecule has 0 atom stereocenters. The molecule has 0 radical (unpaired) electrons. The van der Waals surface area contributed by atoms with E-state index in [-0.39, 0.29) is 11.6 Å². The second-order valence-corrected chi connectivity index (χ2v) is 6.62. The Hall–Kier alpha value is -2.32. The monoisotopic (exact) mass is 326 g/mol. The number of aromatic nitrogens is 3. The Morgan fingerprint density at radius 1 is 1.12 bits per heavy atom. The largest absolute Gasteiger partial charge is 0.514 e. The number of hydrogen-bond acceptors (Lipinski definition) is 6. The Kier molecular flexibility index (Phi) is 4.10. The summed E-state index contributed by atoms with van der Waals surface area (Å²) in [6.45, 7) is 7.92. The number of anilines is 1. The Balaban J connectivity index is 1.77. The highest BCUT2D eigenvalue weighted by Gasteiger charge is 2.52. The van der Waals surface area contributed by atoms with Gasteiger partial charge in [-0.25, -0.2) is 0 Å². The summed E-state index contributed by atoms with van der Waals surface area (Å²) in [6, 6.07) is 6.68. The number of hydrogen-bond donors (Lipinski definition) is 1. The Bertz CT molecular complexity index is 736. The third-order valence-corrected chi connectivity index (χ3v) is 4.34. The Labute approximate surface area is 140 Å². The molecule has 1 saturated heterocycles. The summed E-state index contributed by atoms with van der Waals surface area (Å²) >= 11 is 0. The van der Waals surface area contributed by atoms with Crippen LogP contribution >= 0.6 is 0 Å². The first kappa shape index (κ1) is 16.5. The van der Waals surface area contributed by atoms with Gasteiger partial charge in [0.25, 0.3) is 5.91 Å². The van der Waals surface area contributed by atoms with E-state index in [1.165, 1.54) is 6.20 Å². The second-order valence-electron chi connectivity index (χ2n) is 6.62. The van der Waals surface area contributed by atoms with Gasteiger partial charge < -0.3 is 14.6 Å². The lowest BCUT2D eigenvalue weighted by Crippen LogP contribution is -2.41. The highest BCUT2D eigenvalue weighted by molar-refractivity contribution is 6.61. The maximum Gasteiger partial charge on any atom is 0.514 e. The van der Waals surface area contributed by atoms with E-state index < -0.39 is 18.3 Å². The van der Waals surface area contributed by atoms with Gasteiger partial charge in [-0.3, -0.25) is 9.78 Å². The lowest BCUT2D eigenvalue weighted by Gasteiger charge is -2.32. The molecule has 1 aliphatic rings. The molecule has 124 valence electrons. The normalized spacial score (nSPS) is 18.4. The van der Waals surface area contributed by atoms with Gasteiger partial charge in [0, 0.05) is 18.1 Å². The van der Waals surface area contributed by atoms with Crippen molar-refractivity contribution < 1.29 is 14.1 Å². The van der Waals surface area contributed by atoms with Gasteiger partial charge in [-0.15, -0.1) is 5.10 Å². The summed E-state index contributed by atoms with van der Waals surface area (Å²) in [7, 11) is -0.580. The lowest BCUT2D eigenvalue weighted by molar-refractivity contribution is 0.00578. The van der Waals surface area contributed by atoms with Crippen molar-refractivity contribution in [1.82, 2.24) is 15.2 Å². The SMILES string of the molecule is CC1(C)OB(c2cc(NC(=O)c3cccnn3)ccn2)OC1(C)C. The zero-order valence-electron chi connectivity index (χ0n) is 14.1. The van der Waals surface area contributed by atoms with Crippen LogP contribution in [0.2, 0.25) is 0 Å². The molecule has 1 amide bonds. The van der Waals surface area contributed by atoms with E-state index in [0.717, 1.165) is 0 Å². The molecule has 2 aromatic heterocycles. The predicted molar refractivity (Wildman–Crippen MR) is 89.9 cm³/mol. The quantitative estimate of drug-likeness (QED) is 0.859. The van der Waals surface area contributed by atoms with Crippen molar-refractivity contribution >= 4 is 24.3 Å². The number of carbonyl (C=O) groups excluding carboxylic acids is 1. The van der Waals surface area contributed by atoms with Crippen LogP contribution in [0.3, 0.4) is 0 Å². The topological polar surface area (TPSA) is 86.2 Å². The van der Waals surface area contributed by atoms with E-state index in [9.17, 15) is 4.79 Å². The minimum Gasteiger partial charge on any atom is -0.398 e. The van der Waals surface area contributed by atoms with E-state index in [1.54, 1.807) is 30.5 Å². The minimum absolute atomic E-state index is 0.242. The van der Waals surface area contributed by atoms with Crippen molar-refractivity contribution in [2.24, 2.45) is 0 Å². The molecule has 0 aliphatic carbocycles. The molecule has 7 nitrogen and oxygen atoms in total. The summed E-state index contributed by atoms with van der Waals surface area (Å²) in [5.41, 5.74) is 0.540. The third-order valence-electron chi connectivity index (χ3n) is 4.34. The van der Waals surface area contributed by atoms with Crippen molar-refractivity contribution in [2.45, 2.75) is 38.9 Å². The molecule has 0 bridgehead atoms. The zero-order chi connectivity index (χ0) is 17.4. The fraction of sp³-hybridized carbons (Fsp3) is 0.375. The summed E-state index contributed by atoms with van der Waals surface area (Å²) in [4.78, 5) is 16.5.